The molecular formula is C11H21N3OS. The van der Waals surface area contributed by atoms with Crippen molar-refractivity contribution in [3.63, 3.8) is 0 Å². The predicted octanol–water partition coefficient (Wildman–Crippen LogP) is 0.837. The fraction of sp³-hybridized carbons (Fsp3) is 0.909. The van der Waals surface area contributed by atoms with Gasteiger partial charge in [-0.1, -0.05) is 6.92 Å². The summed E-state index contributed by atoms with van der Waals surface area (Å²) in [5, 5.41) is 3.83. The van der Waals surface area contributed by atoms with E-state index >= 15 is 0 Å². The quantitative estimate of drug-likeness (QED) is 0.685. The van der Waals surface area contributed by atoms with Crippen molar-refractivity contribution in [3.05, 3.63) is 0 Å². The Morgan fingerprint density at radius 1 is 1.25 bits per heavy atom. The van der Waals surface area contributed by atoms with Crippen LogP contribution in [0.3, 0.4) is 0 Å². The zero-order chi connectivity index (χ0) is 11.5. The summed E-state index contributed by atoms with van der Waals surface area (Å²) in [4.78, 5) is 16.4. The third kappa shape index (κ3) is 2.46. The molecule has 0 bridgehead atoms. The highest BCUT2D eigenvalue weighted by Gasteiger charge is 2.31. The molecule has 4 nitrogen and oxygen atoms in total. The van der Waals surface area contributed by atoms with Gasteiger partial charge in [-0.15, -0.1) is 0 Å². The van der Waals surface area contributed by atoms with E-state index < -0.39 is 0 Å². The van der Waals surface area contributed by atoms with Crippen molar-refractivity contribution in [2.45, 2.75) is 25.1 Å². The van der Waals surface area contributed by atoms with Crippen LogP contribution in [0.4, 0.5) is 4.79 Å². The van der Waals surface area contributed by atoms with Gasteiger partial charge in [0.2, 0.25) is 0 Å². The van der Waals surface area contributed by atoms with Crippen LogP contribution in [0.2, 0.25) is 0 Å². The van der Waals surface area contributed by atoms with E-state index in [2.05, 4.69) is 19.2 Å². The van der Waals surface area contributed by atoms with E-state index in [0.29, 0.717) is 11.3 Å². The van der Waals surface area contributed by atoms with E-state index in [-0.39, 0.29) is 6.03 Å². The van der Waals surface area contributed by atoms with Gasteiger partial charge < -0.3 is 15.1 Å². The Labute approximate surface area is 102 Å². The second-order valence-corrected chi connectivity index (χ2v) is 6.01. The summed E-state index contributed by atoms with van der Waals surface area (Å²) in [5.41, 5.74) is 0. The number of urea groups is 1. The highest BCUT2D eigenvalue weighted by molar-refractivity contribution is 8.00. The van der Waals surface area contributed by atoms with Crippen LogP contribution in [-0.4, -0.2) is 65.6 Å². The Kier molecular flexibility index (Phi) is 3.97. The van der Waals surface area contributed by atoms with Crippen LogP contribution in [0.5, 0.6) is 0 Å². The van der Waals surface area contributed by atoms with Gasteiger partial charge in [0, 0.05) is 49.8 Å². The lowest BCUT2D eigenvalue weighted by molar-refractivity contribution is 0.132. The standard InChI is InChI=1S/C11H21N3OS/c1-9-10(2)16-8-7-14(9)11(15)13-5-3-12-4-6-13/h9-10,12H,3-8H2,1-2H3. The molecule has 2 fully saturated rings. The summed E-state index contributed by atoms with van der Waals surface area (Å²) >= 11 is 1.97. The van der Waals surface area contributed by atoms with Gasteiger partial charge in [0.05, 0.1) is 0 Å². The minimum Gasteiger partial charge on any atom is -0.322 e. The number of hydrogen-bond donors (Lipinski definition) is 1. The topological polar surface area (TPSA) is 35.6 Å². The third-order valence-electron chi connectivity index (χ3n) is 3.52. The van der Waals surface area contributed by atoms with Crippen molar-refractivity contribution in [2.75, 3.05) is 38.5 Å². The maximum Gasteiger partial charge on any atom is 0.320 e. The van der Waals surface area contributed by atoms with Crippen molar-refractivity contribution >= 4 is 17.8 Å². The van der Waals surface area contributed by atoms with Crippen molar-refractivity contribution < 1.29 is 4.79 Å². The van der Waals surface area contributed by atoms with E-state index in [1.54, 1.807) is 0 Å². The SMILES string of the molecule is CC1SCCN(C(=O)N2CCNCC2)C1C. The number of carbonyl (C=O) groups excluding carboxylic acids is 1. The molecule has 16 heavy (non-hydrogen) atoms. The number of nitrogens with zero attached hydrogens (tertiary/aromatic N) is 2. The summed E-state index contributed by atoms with van der Waals surface area (Å²) < 4.78 is 0. The van der Waals surface area contributed by atoms with Crippen LogP contribution in [0.1, 0.15) is 13.8 Å². The molecular weight excluding hydrogens is 222 g/mol. The second-order valence-electron chi connectivity index (χ2n) is 4.53. The summed E-state index contributed by atoms with van der Waals surface area (Å²) in [6.45, 7) is 8.84. The zero-order valence-electron chi connectivity index (χ0n) is 10.1. The molecule has 2 atom stereocenters. The maximum absolute atomic E-state index is 12.3. The lowest BCUT2D eigenvalue weighted by atomic mass is 10.2. The number of thioether (sulfide) groups is 1. The Bertz CT molecular complexity index is 256. The fourth-order valence-corrected chi connectivity index (χ4v) is 3.34. The molecule has 2 unspecified atom stereocenters. The van der Waals surface area contributed by atoms with Gasteiger partial charge in [0.1, 0.15) is 0 Å². The van der Waals surface area contributed by atoms with E-state index in [1.807, 2.05) is 21.6 Å². The number of piperazine rings is 1. The maximum atomic E-state index is 12.3. The first-order chi connectivity index (χ1) is 7.70. The highest BCUT2D eigenvalue weighted by atomic mass is 32.2. The molecule has 0 aliphatic carbocycles. The molecule has 2 amide bonds. The van der Waals surface area contributed by atoms with Gasteiger partial charge >= 0.3 is 6.03 Å². The molecule has 0 saturated carbocycles. The van der Waals surface area contributed by atoms with Crippen molar-refractivity contribution in [1.29, 1.82) is 0 Å². The lowest BCUT2D eigenvalue weighted by Crippen LogP contribution is -2.56. The van der Waals surface area contributed by atoms with Gasteiger partial charge in [-0.05, 0) is 6.92 Å². The minimum atomic E-state index is 0.237. The molecule has 2 rings (SSSR count). The second kappa shape index (κ2) is 5.27. The molecule has 0 aromatic heterocycles. The van der Waals surface area contributed by atoms with Crippen LogP contribution >= 0.6 is 11.8 Å². The molecule has 2 aliphatic heterocycles. The largest absolute Gasteiger partial charge is 0.322 e. The predicted molar refractivity (Wildman–Crippen MR) is 67.9 cm³/mol. The molecule has 0 aromatic carbocycles. The molecule has 2 saturated heterocycles. The fourth-order valence-electron chi connectivity index (χ4n) is 2.24. The van der Waals surface area contributed by atoms with E-state index in [9.17, 15) is 4.79 Å². The average Bonchev–Trinajstić information content (AvgIpc) is 2.33. The van der Waals surface area contributed by atoms with Crippen molar-refractivity contribution in [2.24, 2.45) is 0 Å². The van der Waals surface area contributed by atoms with Crippen LogP contribution in [-0.2, 0) is 0 Å². The summed E-state index contributed by atoms with van der Waals surface area (Å²) in [6, 6.07) is 0.599. The Morgan fingerprint density at radius 2 is 1.94 bits per heavy atom. The third-order valence-corrected chi connectivity index (χ3v) is 4.86. The smallest absolute Gasteiger partial charge is 0.320 e. The molecule has 0 spiro atoms. The molecule has 0 radical (unpaired) electrons. The Morgan fingerprint density at radius 3 is 2.62 bits per heavy atom. The van der Waals surface area contributed by atoms with E-state index in [1.165, 1.54) is 0 Å². The molecule has 5 heteroatoms. The normalized spacial score (nSPS) is 31.6. The average molecular weight is 243 g/mol. The number of carbonyl (C=O) groups is 1. The molecule has 1 N–H and O–H groups in total. The van der Waals surface area contributed by atoms with Crippen LogP contribution in [0.25, 0.3) is 0 Å². The monoisotopic (exact) mass is 243 g/mol. The lowest BCUT2D eigenvalue weighted by Gasteiger charge is -2.41. The van der Waals surface area contributed by atoms with Crippen LogP contribution < -0.4 is 5.32 Å². The molecule has 92 valence electrons. The Balaban J connectivity index is 1.96. The van der Waals surface area contributed by atoms with Gasteiger partial charge in [0.15, 0.2) is 0 Å². The first kappa shape index (κ1) is 12.0. The van der Waals surface area contributed by atoms with E-state index in [4.69, 9.17) is 0 Å². The first-order valence-electron chi connectivity index (χ1n) is 6.08. The summed E-state index contributed by atoms with van der Waals surface area (Å²) in [5.74, 6) is 1.07. The molecule has 2 heterocycles. The number of rotatable bonds is 0. The van der Waals surface area contributed by atoms with Gasteiger partial charge in [-0.25, -0.2) is 4.79 Å². The van der Waals surface area contributed by atoms with Gasteiger partial charge in [0.25, 0.3) is 0 Å². The molecule has 0 aromatic rings. The highest BCUT2D eigenvalue weighted by Crippen LogP contribution is 2.25. The number of nitrogens with one attached hydrogen (secondary N) is 1. The van der Waals surface area contributed by atoms with Crippen LogP contribution in [0.15, 0.2) is 0 Å². The van der Waals surface area contributed by atoms with Gasteiger partial charge in [-0.3, -0.25) is 0 Å². The number of amides is 2. The summed E-state index contributed by atoms with van der Waals surface area (Å²) in [7, 11) is 0. The molecule has 2 aliphatic rings. The zero-order valence-corrected chi connectivity index (χ0v) is 10.9. The van der Waals surface area contributed by atoms with Crippen molar-refractivity contribution in [1.82, 2.24) is 15.1 Å². The van der Waals surface area contributed by atoms with E-state index in [0.717, 1.165) is 38.5 Å². The summed E-state index contributed by atoms with van der Waals surface area (Å²) in [6.07, 6.45) is 0. The van der Waals surface area contributed by atoms with Crippen molar-refractivity contribution in [3.8, 4) is 0 Å². The van der Waals surface area contributed by atoms with Gasteiger partial charge in [-0.2, -0.15) is 11.8 Å². The van der Waals surface area contributed by atoms with Crippen LogP contribution in [0, 0.1) is 0 Å². The minimum absolute atomic E-state index is 0.237. The number of hydrogen-bond acceptors (Lipinski definition) is 3. The Hall–Kier alpha value is -0.420. The first-order valence-corrected chi connectivity index (χ1v) is 7.13.